The molecule has 0 saturated heterocycles. The minimum absolute atomic E-state index is 0.0564. The Bertz CT molecular complexity index is 160. The lowest BCUT2D eigenvalue weighted by molar-refractivity contribution is 0.163. The maximum Gasteiger partial charge on any atom is 0.317 e. The van der Waals surface area contributed by atoms with Crippen LogP contribution in [0.25, 0.3) is 0 Å². The highest BCUT2D eigenvalue weighted by atomic mass is 16.3. The first kappa shape index (κ1) is 13.2. The topological polar surface area (TPSA) is 52.6 Å². The van der Waals surface area contributed by atoms with Gasteiger partial charge in [-0.05, 0) is 19.8 Å². The Labute approximate surface area is 86.3 Å². The summed E-state index contributed by atoms with van der Waals surface area (Å²) in [7, 11) is 1.74. The molecule has 0 heterocycles. The number of carbonyl (C=O) groups excluding carboxylic acids is 1. The number of urea groups is 1. The molecule has 0 bridgehead atoms. The highest BCUT2D eigenvalue weighted by molar-refractivity contribution is 5.73. The van der Waals surface area contributed by atoms with Crippen molar-refractivity contribution in [3.63, 3.8) is 0 Å². The molecule has 0 aliphatic rings. The van der Waals surface area contributed by atoms with E-state index < -0.39 is 0 Å². The Kier molecular flexibility index (Phi) is 7.20. The van der Waals surface area contributed by atoms with E-state index in [2.05, 4.69) is 12.2 Å². The molecule has 0 aromatic heterocycles. The van der Waals surface area contributed by atoms with Crippen LogP contribution in [0.1, 0.15) is 33.1 Å². The number of aliphatic hydroxyl groups is 1. The van der Waals surface area contributed by atoms with E-state index in [-0.39, 0.29) is 12.1 Å². The number of unbranched alkanes of at least 4 members (excludes halogenated alkanes) is 1. The summed E-state index contributed by atoms with van der Waals surface area (Å²) in [5.41, 5.74) is 0. The number of nitrogens with one attached hydrogen (secondary N) is 1. The largest absolute Gasteiger partial charge is 0.393 e. The lowest BCUT2D eigenvalue weighted by Crippen LogP contribution is -2.38. The minimum atomic E-state index is -0.346. The fourth-order valence-corrected chi connectivity index (χ4v) is 0.989. The normalized spacial score (nSPS) is 12.3. The van der Waals surface area contributed by atoms with Crippen molar-refractivity contribution in [3.05, 3.63) is 0 Å². The summed E-state index contributed by atoms with van der Waals surface area (Å²) in [5.74, 6) is 0. The summed E-state index contributed by atoms with van der Waals surface area (Å²) in [6.07, 6.45) is 2.37. The number of carbonyl (C=O) groups is 1. The molecular formula is C10H22N2O2. The van der Waals surface area contributed by atoms with Crippen molar-refractivity contribution in [1.29, 1.82) is 0 Å². The van der Waals surface area contributed by atoms with Gasteiger partial charge in [-0.1, -0.05) is 13.3 Å². The quantitative estimate of drug-likeness (QED) is 0.636. The maximum absolute atomic E-state index is 11.4. The first-order chi connectivity index (χ1) is 6.57. The number of hydrogen-bond donors (Lipinski definition) is 2. The van der Waals surface area contributed by atoms with Crippen LogP contribution in [-0.4, -0.2) is 42.3 Å². The van der Waals surface area contributed by atoms with E-state index in [1.54, 1.807) is 18.9 Å². The third kappa shape index (κ3) is 6.71. The van der Waals surface area contributed by atoms with Crippen molar-refractivity contribution in [2.24, 2.45) is 0 Å². The Hall–Kier alpha value is -0.770. The summed E-state index contributed by atoms with van der Waals surface area (Å²) in [6, 6.07) is -0.0564. The second kappa shape index (κ2) is 7.62. The molecule has 0 fully saturated rings. The van der Waals surface area contributed by atoms with Crippen molar-refractivity contribution >= 4 is 6.03 Å². The molecule has 2 N–H and O–H groups in total. The van der Waals surface area contributed by atoms with Gasteiger partial charge in [-0.2, -0.15) is 0 Å². The summed E-state index contributed by atoms with van der Waals surface area (Å²) >= 11 is 0. The molecule has 0 aliphatic carbocycles. The highest BCUT2D eigenvalue weighted by Gasteiger charge is 2.07. The molecule has 0 rings (SSSR count). The Morgan fingerprint density at radius 1 is 1.57 bits per heavy atom. The second-order valence-corrected chi connectivity index (χ2v) is 3.64. The third-order valence-corrected chi connectivity index (χ3v) is 2.04. The number of amides is 2. The second-order valence-electron chi connectivity index (χ2n) is 3.64. The molecule has 0 radical (unpaired) electrons. The minimum Gasteiger partial charge on any atom is -0.393 e. The molecule has 0 aliphatic heterocycles. The van der Waals surface area contributed by atoms with Gasteiger partial charge >= 0.3 is 6.03 Å². The van der Waals surface area contributed by atoms with Gasteiger partial charge in [0.25, 0.3) is 0 Å². The third-order valence-electron chi connectivity index (χ3n) is 2.04. The molecule has 14 heavy (non-hydrogen) atoms. The van der Waals surface area contributed by atoms with Crippen LogP contribution < -0.4 is 5.32 Å². The zero-order valence-electron chi connectivity index (χ0n) is 9.42. The fourth-order valence-electron chi connectivity index (χ4n) is 0.989. The van der Waals surface area contributed by atoms with E-state index in [1.165, 1.54) is 0 Å². The van der Waals surface area contributed by atoms with Gasteiger partial charge in [0.2, 0.25) is 0 Å². The van der Waals surface area contributed by atoms with Gasteiger partial charge in [0.05, 0.1) is 6.10 Å². The molecule has 1 atom stereocenters. The van der Waals surface area contributed by atoms with Crippen molar-refractivity contribution in [3.8, 4) is 0 Å². The van der Waals surface area contributed by atoms with E-state index in [0.29, 0.717) is 13.0 Å². The SMILES string of the molecule is CCCCNC(=O)N(C)CCC(C)O. The first-order valence-corrected chi connectivity index (χ1v) is 5.25. The molecule has 2 amide bonds. The van der Waals surface area contributed by atoms with Gasteiger partial charge in [0.15, 0.2) is 0 Å². The Balaban J connectivity index is 3.54. The Morgan fingerprint density at radius 3 is 2.71 bits per heavy atom. The molecule has 84 valence electrons. The lowest BCUT2D eigenvalue weighted by Gasteiger charge is -2.18. The molecule has 0 aromatic rings. The monoisotopic (exact) mass is 202 g/mol. The van der Waals surface area contributed by atoms with Gasteiger partial charge in [0.1, 0.15) is 0 Å². The van der Waals surface area contributed by atoms with Crippen LogP contribution >= 0.6 is 0 Å². The van der Waals surface area contributed by atoms with Gasteiger partial charge in [-0.25, -0.2) is 4.79 Å². The van der Waals surface area contributed by atoms with Gasteiger partial charge in [-0.15, -0.1) is 0 Å². The molecule has 0 saturated carbocycles. The Morgan fingerprint density at radius 2 is 2.21 bits per heavy atom. The van der Waals surface area contributed by atoms with Crippen LogP contribution in [0.3, 0.4) is 0 Å². The molecule has 0 aromatic carbocycles. The average Bonchev–Trinajstić information content (AvgIpc) is 2.14. The molecule has 0 spiro atoms. The molecule has 1 unspecified atom stereocenters. The summed E-state index contributed by atoms with van der Waals surface area (Å²) < 4.78 is 0. The molecular weight excluding hydrogens is 180 g/mol. The zero-order valence-corrected chi connectivity index (χ0v) is 9.42. The number of rotatable bonds is 6. The van der Waals surface area contributed by atoms with Crippen LogP contribution in [-0.2, 0) is 0 Å². The van der Waals surface area contributed by atoms with Crippen LogP contribution in [0.4, 0.5) is 4.79 Å². The van der Waals surface area contributed by atoms with Crippen LogP contribution in [0.2, 0.25) is 0 Å². The van der Waals surface area contributed by atoms with Crippen LogP contribution in [0.5, 0.6) is 0 Å². The van der Waals surface area contributed by atoms with Gasteiger partial charge < -0.3 is 15.3 Å². The zero-order chi connectivity index (χ0) is 11.0. The van der Waals surface area contributed by atoms with E-state index in [9.17, 15) is 4.79 Å². The number of nitrogens with zero attached hydrogens (tertiary/aromatic N) is 1. The van der Waals surface area contributed by atoms with E-state index in [0.717, 1.165) is 19.4 Å². The molecule has 4 nitrogen and oxygen atoms in total. The highest BCUT2D eigenvalue weighted by Crippen LogP contribution is 1.94. The van der Waals surface area contributed by atoms with Crippen molar-refractivity contribution in [2.75, 3.05) is 20.1 Å². The van der Waals surface area contributed by atoms with Crippen LogP contribution in [0, 0.1) is 0 Å². The maximum atomic E-state index is 11.4. The van der Waals surface area contributed by atoms with E-state index in [4.69, 9.17) is 5.11 Å². The summed E-state index contributed by atoms with van der Waals surface area (Å²) in [4.78, 5) is 13.0. The predicted octanol–water partition coefficient (Wildman–Crippen LogP) is 1.20. The van der Waals surface area contributed by atoms with Gasteiger partial charge in [0, 0.05) is 20.1 Å². The van der Waals surface area contributed by atoms with E-state index in [1.807, 2.05) is 0 Å². The van der Waals surface area contributed by atoms with Crippen molar-refractivity contribution in [2.45, 2.75) is 39.2 Å². The average molecular weight is 202 g/mol. The summed E-state index contributed by atoms with van der Waals surface area (Å²) in [5, 5.41) is 11.9. The fraction of sp³-hybridized carbons (Fsp3) is 0.900. The first-order valence-electron chi connectivity index (χ1n) is 5.25. The lowest BCUT2D eigenvalue weighted by atomic mass is 10.3. The van der Waals surface area contributed by atoms with E-state index >= 15 is 0 Å². The number of hydrogen-bond acceptors (Lipinski definition) is 2. The standard InChI is InChI=1S/C10H22N2O2/c1-4-5-7-11-10(14)12(3)8-6-9(2)13/h9,13H,4-8H2,1-3H3,(H,11,14). The smallest absolute Gasteiger partial charge is 0.317 e. The summed E-state index contributed by atoms with van der Waals surface area (Å²) in [6.45, 7) is 5.14. The van der Waals surface area contributed by atoms with Crippen molar-refractivity contribution in [1.82, 2.24) is 10.2 Å². The van der Waals surface area contributed by atoms with Crippen molar-refractivity contribution < 1.29 is 9.90 Å². The van der Waals surface area contributed by atoms with Gasteiger partial charge in [-0.3, -0.25) is 0 Å². The molecule has 4 heteroatoms. The van der Waals surface area contributed by atoms with Crippen LogP contribution in [0.15, 0.2) is 0 Å². The predicted molar refractivity (Wildman–Crippen MR) is 57.2 cm³/mol. The number of aliphatic hydroxyl groups excluding tert-OH is 1.